The number of benzene rings is 3. The molecule has 3 aromatic rings. The van der Waals surface area contributed by atoms with Crippen LogP contribution in [0, 0.1) is 17.8 Å². The van der Waals surface area contributed by atoms with E-state index in [0.29, 0.717) is 31.6 Å². The highest BCUT2D eigenvalue weighted by molar-refractivity contribution is 6.06. The van der Waals surface area contributed by atoms with Gasteiger partial charge in [0.1, 0.15) is 11.6 Å². The van der Waals surface area contributed by atoms with E-state index in [0.717, 1.165) is 16.3 Å². The number of rotatable bonds is 12. The molecule has 3 heterocycles. The van der Waals surface area contributed by atoms with Crippen LogP contribution < -0.4 is 4.90 Å². The van der Waals surface area contributed by atoms with Gasteiger partial charge in [-0.25, -0.2) is 0 Å². The molecule has 7 atom stereocenters. The van der Waals surface area contributed by atoms with E-state index < -0.39 is 35.1 Å². The normalized spacial score (nSPS) is 28.3. The molecule has 8 heteroatoms. The smallest absolute Gasteiger partial charge is 0.253 e. The lowest BCUT2D eigenvalue weighted by Gasteiger charge is -2.39. The number of carbonyl (C=O) groups is 3. The molecule has 1 spiro atoms. The Bertz CT molecular complexity index is 1690. The molecule has 3 saturated heterocycles. The first kappa shape index (κ1) is 32.7. The van der Waals surface area contributed by atoms with Gasteiger partial charge >= 0.3 is 0 Å². The molecule has 0 radical (unpaired) electrons. The highest BCUT2D eigenvalue weighted by Crippen LogP contribution is 2.66. The summed E-state index contributed by atoms with van der Waals surface area (Å²) >= 11 is 0. The molecule has 3 aromatic carbocycles. The molecule has 2 bridgehead atoms. The number of carbonyl (C=O) groups excluding carboxylic acids is 3. The van der Waals surface area contributed by atoms with Gasteiger partial charge in [0.05, 0.1) is 30.1 Å². The van der Waals surface area contributed by atoms with Crippen LogP contribution in [0.15, 0.2) is 98.1 Å². The molecule has 3 unspecified atom stereocenters. The van der Waals surface area contributed by atoms with Crippen molar-refractivity contribution in [1.29, 1.82) is 0 Å². The van der Waals surface area contributed by atoms with Gasteiger partial charge in [-0.2, -0.15) is 0 Å². The third-order valence-electron chi connectivity index (χ3n) is 10.8. The predicted octanol–water partition coefficient (Wildman–Crippen LogP) is 5.36. The standard InChI is InChI=1S/C39H45N3O5/c1-6-20-40(24-27-14-10-9-11-15-27)35(44)32-33-36(45)42(30(8-3)25-43)34(39(33)23-26(4)38(32,5)47-39)37(46)41(21-7-2)31-19-18-28-16-12-13-17-29(28)22-31/h6-7,9-19,22,26,30,32-34,43H,1-2,8,20-21,23-25H2,3-5H3/t26?,30-,32-,33-,34?,38+,39?/m0/s1. The van der Waals surface area contributed by atoms with Crippen molar-refractivity contribution < 1.29 is 24.2 Å². The lowest BCUT2D eigenvalue weighted by Crippen LogP contribution is -2.59. The number of nitrogens with zero attached hydrogens (tertiary/aromatic N) is 3. The quantitative estimate of drug-likeness (QED) is 0.271. The average Bonchev–Trinajstić information content (AvgIpc) is 3.60. The highest BCUT2D eigenvalue weighted by Gasteiger charge is 2.80. The van der Waals surface area contributed by atoms with Crippen LogP contribution in [0.1, 0.15) is 39.2 Å². The fraction of sp³-hybridized carbons (Fsp3) is 0.410. The molecule has 0 aliphatic carbocycles. The van der Waals surface area contributed by atoms with Crippen molar-refractivity contribution in [1.82, 2.24) is 9.80 Å². The van der Waals surface area contributed by atoms with Crippen molar-refractivity contribution in [2.24, 2.45) is 17.8 Å². The Morgan fingerprint density at radius 1 is 1.02 bits per heavy atom. The number of hydrogen-bond acceptors (Lipinski definition) is 5. The monoisotopic (exact) mass is 635 g/mol. The summed E-state index contributed by atoms with van der Waals surface area (Å²) in [6, 6.07) is 21.9. The first-order valence-electron chi connectivity index (χ1n) is 16.6. The number of aliphatic hydroxyl groups is 1. The molecule has 0 saturated carbocycles. The van der Waals surface area contributed by atoms with Gasteiger partial charge in [0.2, 0.25) is 11.8 Å². The first-order valence-corrected chi connectivity index (χ1v) is 16.6. The lowest BCUT2D eigenvalue weighted by molar-refractivity contribution is -0.154. The first-order chi connectivity index (χ1) is 22.6. The summed E-state index contributed by atoms with van der Waals surface area (Å²) in [7, 11) is 0. The highest BCUT2D eigenvalue weighted by atomic mass is 16.5. The minimum absolute atomic E-state index is 0.110. The fourth-order valence-corrected chi connectivity index (χ4v) is 8.47. The summed E-state index contributed by atoms with van der Waals surface area (Å²) in [4.78, 5) is 49.5. The molecule has 3 amide bonds. The predicted molar refractivity (Wildman–Crippen MR) is 183 cm³/mol. The molecule has 3 aliphatic rings. The van der Waals surface area contributed by atoms with Crippen LogP contribution in [0.25, 0.3) is 10.8 Å². The van der Waals surface area contributed by atoms with Gasteiger partial charge in [-0.15, -0.1) is 13.2 Å². The van der Waals surface area contributed by atoms with E-state index in [2.05, 4.69) is 13.2 Å². The Hall–Kier alpha value is -4.27. The zero-order chi connectivity index (χ0) is 33.5. The second-order valence-electron chi connectivity index (χ2n) is 13.5. The number of fused-ring (bicyclic) bond motifs is 2. The second kappa shape index (κ2) is 12.7. The van der Waals surface area contributed by atoms with Crippen molar-refractivity contribution in [2.45, 2.75) is 63.4 Å². The van der Waals surface area contributed by atoms with Gasteiger partial charge in [-0.3, -0.25) is 14.4 Å². The molecule has 6 rings (SSSR count). The Morgan fingerprint density at radius 2 is 1.70 bits per heavy atom. The van der Waals surface area contributed by atoms with Crippen LogP contribution in [0.3, 0.4) is 0 Å². The minimum Gasteiger partial charge on any atom is -0.394 e. The van der Waals surface area contributed by atoms with Gasteiger partial charge in [-0.1, -0.05) is 86.7 Å². The van der Waals surface area contributed by atoms with Gasteiger partial charge in [0.15, 0.2) is 0 Å². The Labute approximate surface area is 277 Å². The molecule has 8 nitrogen and oxygen atoms in total. The van der Waals surface area contributed by atoms with Crippen LogP contribution in [0.2, 0.25) is 0 Å². The molecule has 246 valence electrons. The van der Waals surface area contributed by atoms with E-state index in [1.54, 1.807) is 26.9 Å². The molecule has 3 aliphatic heterocycles. The molecule has 0 aromatic heterocycles. The van der Waals surface area contributed by atoms with E-state index in [1.165, 1.54) is 0 Å². The third kappa shape index (κ3) is 5.18. The summed E-state index contributed by atoms with van der Waals surface area (Å²) in [5, 5.41) is 12.6. The lowest BCUT2D eigenvalue weighted by atomic mass is 9.62. The van der Waals surface area contributed by atoms with Gasteiger partial charge in [-0.05, 0) is 54.2 Å². The van der Waals surface area contributed by atoms with E-state index in [-0.39, 0.29) is 36.8 Å². The SMILES string of the molecule is C=CCN(Cc1ccccc1)C(=O)[C@@H]1[C@H]2C(=O)N([C@@H](CC)CO)C(C(=O)N(CC=C)c3ccc4ccccc4c3)C23CC(C)[C@@]1(C)O3. The zero-order valence-electron chi connectivity index (χ0n) is 27.5. The van der Waals surface area contributed by atoms with Crippen molar-refractivity contribution >= 4 is 34.2 Å². The zero-order valence-corrected chi connectivity index (χ0v) is 27.5. The molecule has 3 fully saturated rings. The largest absolute Gasteiger partial charge is 0.394 e. The Balaban J connectivity index is 1.45. The number of ether oxygens (including phenoxy) is 1. The maximum Gasteiger partial charge on any atom is 0.253 e. The van der Waals surface area contributed by atoms with Crippen LogP contribution in [0.5, 0.6) is 0 Å². The fourth-order valence-electron chi connectivity index (χ4n) is 8.47. The van der Waals surface area contributed by atoms with E-state index in [1.807, 2.05) is 93.6 Å². The number of hydrogen-bond donors (Lipinski definition) is 1. The number of anilines is 1. The molecule has 47 heavy (non-hydrogen) atoms. The van der Waals surface area contributed by atoms with Crippen LogP contribution >= 0.6 is 0 Å². The average molecular weight is 636 g/mol. The maximum atomic E-state index is 15.1. The summed E-state index contributed by atoms with van der Waals surface area (Å²) in [5.41, 5.74) is -0.564. The van der Waals surface area contributed by atoms with Gasteiger partial charge in [0, 0.05) is 25.3 Å². The van der Waals surface area contributed by atoms with Crippen molar-refractivity contribution in [3.05, 3.63) is 104 Å². The summed E-state index contributed by atoms with van der Waals surface area (Å²) in [6.45, 7) is 14.3. The Morgan fingerprint density at radius 3 is 2.36 bits per heavy atom. The van der Waals surface area contributed by atoms with Gasteiger partial charge in [0.25, 0.3) is 5.91 Å². The number of amides is 3. The van der Waals surface area contributed by atoms with Crippen LogP contribution in [-0.2, 0) is 25.7 Å². The van der Waals surface area contributed by atoms with Gasteiger partial charge < -0.3 is 24.5 Å². The number of aliphatic hydroxyl groups excluding tert-OH is 1. The Kier molecular flexibility index (Phi) is 8.85. The van der Waals surface area contributed by atoms with Crippen LogP contribution in [0.4, 0.5) is 5.69 Å². The summed E-state index contributed by atoms with van der Waals surface area (Å²) in [6.07, 6.45) is 4.25. The third-order valence-corrected chi connectivity index (χ3v) is 10.8. The van der Waals surface area contributed by atoms with E-state index in [9.17, 15) is 14.7 Å². The molecular weight excluding hydrogens is 590 g/mol. The maximum absolute atomic E-state index is 15.1. The van der Waals surface area contributed by atoms with E-state index in [4.69, 9.17) is 4.74 Å². The summed E-state index contributed by atoms with van der Waals surface area (Å²) < 4.78 is 7.01. The summed E-state index contributed by atoms with van der Waals surface area (Å²) in [5.74, 6) is -2.61. The minimum atomic E-state index is -1.24. The molecular formula is C39H45N3O5. The van der Waals surface area contributed by atoms with Crippen molar-refractivity contribution in [3.8, 4) is 0 Å². The van der Waals surface area contributed by atoms with E-state index >= 15 is 4.79 Å². The van der Waals surface area contributed by atoms with Crippen LogP contribution in [-0.4, -0.2) is 75.6 Å². The number of likely N-dealkylation sites (tertiary alicyclic amines) is 1. The molecule has 1 N–H and O–H groups in total. The topological polar surface area (TPSA) is 90.4 Å². The second-order valence-corrected chi connectivity index (χ2v) is 13.5. The van der Waals surface area contributed by atoms with Crippen molar-refractivity contribution in [3.63, 3.8) is 0 Å². The van der Waals surface area contributed by atoms with Crippen molar-refractivity contribution in [2.75, 3.05) is 24.6 Å².